The molecule has 0 aliphatic heterocycles. The number of rotatable bonds is 4. The molecule has 0 saturated heterocycles. The van der Waals surface area contributed by atoms with Gasteiger partial charge in [-0.05, 0) is 65.1 Å². The van der Waals surface area contributed by atoms with Crippen molar-refractivity contribution in [3.8, 4) is 5.75 Å². The number of phenols is 1. The molecule has 5 nitrogen and oxygen atoms in total. The van der Waals surface area contributed by atoms with Crippen LogP contribution >= 0.6 is 0 Å². The fraction of sp³-hybridized carbons (Fsp3) is 0.478. The molecule has 6 heteroatoms. The summed E-state index contributed by atoms with van der Waals surface area (Å²) >= 11 is 0. The van der Waals surface area contributed by atoms with Gasteiger partial charge < -0.3 is 10.4 Å². The summed E-state index contributed by atoms with van der Waals surface area (Å²) in [5, 5.41) is 19.6. The Morgan fingerprint density at radius 1 is 0.931 bits per heavy atom. The summed E-state index contributed by atoms with van der Waals surface area (Å²) in [6.07, 6.45) is 0. The van der Waals surface area contributed by atoms with Crippen LogP contribution in [0.5, 0.6) is 5.75 Å². The van der Waals surface area contributed by atoms with Gasteiger partial charge in [-0.2, -0.15) is 0 Å². The first-order chi connectivity index (χ1) is 13.0. The summed E-state index contributed by atoms with van der Waals surface area (Å²) in [5.74, 6) is 0.300. The average molecular weight is 419 g/mol. The van der Waals surface area contributed by atoms with E-state index in [4.69, 9.17) is 5.14 Å². The van der Waals surface area contributed by atoms with Gasteiger partial charge in [0.05, 0.1) is 4.90 Å². The smallest absolute Gasteiger partial charge is 0.238 e. The highest BCUT2D eigenvalue weighted by molar-refractivity contribution is 7.89. The molecule has 2 aromatic carbocycles. The van der Waals surface area contributed by atoms with Gasteiger partial charge in [-0.1, -0.05) is 47.6 Å². The molecule has 0 heterocycles. The van der Waals surface area contributed by atoms with Crippen molar-refractivity contribution in [3.63, 3.8) is 0 Å². The number of nitrogens with one attached hydrogen (secondary N) is 1. The molecule has 0 spiro atoms. The number of sulfonamides is 1. The highest BCUT2D eigenvalue weighted by Crippen LogP contribution is 2.38. The zero-order chi connectivity index (χ0) is 22.4. The molecule has 2 aromatic rings. The van der Waals surface area contributed by atoms with E-state index >= 15 is 0 Å². The van der Waals surface area contributed by atoms with E-state index in [0.29, 0.717) is 17.9 Å². The van der Waals surface area contributed by atoms with Crippen molar-refractivity contribution >= 4 is 15.7 Å². The Balaban J connectivity index is 2.47. The molecule has 160 valence electrons. The summed E-state index contributed by atoms with van der Waals surface area (Å²) in [5.41, 5.74) is 4.83. The molecule has 2 rings (SSSR count). The lowest BCUT2D eigenvalue weighted by Crippen LogP contribution is -2.18. The van der Waals surface area contributed by atoms with E-state index in [1.165, 1.54) is 0 Å². The first kappa shape index (κ1) is 23.2. The Morgan fingerprint density at radius 3 is 2.00 bits per heavy atom. The topological polar surface area (TPSA) is 92.4 Å². The first-order valence-electron chi connectivity index (χ1n) is 9.76. The Kier molecular flexibility index (Phi) is 6.13. The summed E-state index contributed by atoms with van der Waals surface area (Å²) in [7, 11) is -3.76. The third-order valence-corrected chi connectivity index (χ3v) is 6.21. The lowest BCUT2D eigenvalue weighted by atomic mass is 9.79. The van der Waals surface area contributed by atoms with Gasteiger partial charge in [-0.15, -0.1) is 0 Å². The number of aryl methyl sites for hydroxylation is 2. The predicted octanol–water partition coefficient (Wildman–Crippen LogP) is 4.86. The molecular weight excluding hydrogens is 384 g/mol. The number of benzene rings is 2. The van der Waals surface area contributed by atoms with Gasteiger partial charge in [-0.25, -0.2) is 13.6 Å². The van der Waals surface area contributed by atoms with Crippen LogP contribution in [0.2, 0.25) is 0 Å². The summed E-state index contributed by atoms with van der Waals surface area (Å²) < 4.78 is 23.5. The molecule has 0 unspecified atom stereocenters. The van der Waals surface area contributed by atoms with Gasteiger partial charge >= 0.3 is 0 Å². The average Bonchev–Trinajstić information content (AvgIpc) is 2.53. The number of hydrogen-bond donors (Lipinski definition) is 3. The quantitative estimate of drug-likeness (QED) is 0.661. The fourth-order valence-corrected chi connectivity index (χ4v) is 4.16. The Morgan fingerprint density at radius 2 is 1.52 bits per heavy atom. The van der Waals surface area contributed by atoms with E-state index in [-0.39, 0.29) is 15.7 Å². The standard InChI is InChI=1S/C23H34N2O3S/c1-14-10-20(29(24,27)28)15(2)9-19(14)25-13-16-11-17(22(3,4)5)12-18(21(16)26)23(6,7)8/h9-12,25-26H,13H2,1-8H3,(H2,24,27,28). The zero-order valence-electron chi connectivity index (χ0n) is 18.8. The van der Waals surface area contributed by atoms with Crippen LogP contribution < -0.4 is 10.5 Å². The van der Waals surface area contributed by atoms with Crippen molar-refractivity contribution in [2.24, 2.45) is 5.14 Å². The Labute approximate surface area is 175 Å². The van der Waals surface area contributed by atoms with Crippen molar-refractivity contribution in [2.75, 3.05) is 5.32 Å². The lowest BCUT2D eigenvalue weighted by Gasteiger charge is -2.28. The second kappa shape index (κ2) is 7.65. The summed E-state index contributed by atoms with van der Waals surface area (Å²) in [6.45, 7) is 16.7. The van der Waals surface area contributed by atoms with E-state index in [2.05, 4.69) is 52.9 Å². The van der Waals surface area contributed by atoms with Crippen LogP contribution in [0.3, 0.4) is 0 Å². The highest BCUT2D eigenvalue weighted by Gasteiger charge is 2.25. The van der Waals surface area contributed by atoms with E-state index in [9.17, 15) is 13.5 Å². The van der Waals surface area contributed by atoms with Gasteiger partial charge in [0, 0.05) is 17.8 Å². The Hall–Kier alpha value is -2.05. The second-order valence-electron chi connectivity index (χ2n) is 9.86. The van der Waals surface area contributed by atoms with Crippen LogP contribution in [0.4, 0.5) is 5.69 Å². The molecular formula is C23H34N2O3S. The monoisotopic (exact) mass is 418 g/mol. The lowest BCUT2D eigenvalue weighted by molar-refractivity contribution is 0.439. The number of nitrogens with two attached hydrogens (primary N) is 1. The van der Waals surface area contributed by atoms with Gasteiger partial charge in [-0.3, -0.25) is 0 Å². The molecule has 0 aliphatic rings. The third kappa shape index (κ3) is 5.31. The van der Waals surface area contributed by atoms with E-state index < -0.39 is 10.0 Å². The molecule has 0 aliphatic carbocycles. The van der Waals surface area contributed by atoms with Gasteiger partial charge in [0.25, 0.3) is 0 Å². The van der Waals surface area contributed by atoms with Crippen LogP contribution in [-0.4, -0.2) is 13.5 Å². The second-order valence-corrected chi connectivity index (χ2v) is 11.4. The van der Waals surface area contributed by atoms with Crippen LogP contribution in [0, 0.1) is 13.8 Å². The van der Waals surface area contributed by atoms with Gasteiger partial charge in [0.2, 0.25) is 10.0 Å². The minimum Gasteiger partial charge on any atom is -0.507 e. The maximum absolute atomic E-state index is 11.7. The number of hydrogen-bond acceptors (Lipinski definition) is 4. The molecule has 0 aromatic heterocycles. The van der Waals surface area contributed by atoms with Crippen LogP contribution in [0.15, 0.2) is 29.2 Å². The van der Waals surface area contributed by atoms with Crippen LogP contribution in [-0.2, 0) is 27.4 Å². The molecule has 0 fully saturated rings. The van der Waals surface area contributed by atoms with Crippen molar-refractivity contribution in [2.45, 2.75) is 77.7 Å². The largest absolute Gasteiger partial charge is 0.507 e. The van der Waals surface area contributed by atoms with E-state index in [1.807, 2.05) is 13.0 Å². The first-order valence-corrected chi connectivity index (χ1v) is 11.3. The molecule has 0 amide bonds. The molecule has 29 heavy (non-hydrogen) atoms. The van der Waals surface area contributed by atoms with E-state index in [1.54, 1.807) is 19.1 Å². The zero-order valence-corrected chi connectivity index (χ0v) is 19.6. The highest BCUT2D eigenvalue weighted by atomic mass is 32.2. The van der Waals surface area contributed by atoms with Crippen molar-refractivity contribution in [3.05, 3.63) is 52.1 Å². The Bertz CT molecular complexity index is 1030. The fourth-order valence-electron chi connectivity index (χ4n) is 3.31. The minimum absolute atomic E-state index is 0.0495. The molecule has 4 N–H and O–H groups in total. The number of primary sulfonamides is 1. The predicted molar refractivity (Wildman–Crippen MR) is 120 cm³/mol. The summed E-state index contributed by atoms with van der Waals surface area (Å²) in [6, 6.07) is 7.50. The molecule has 0 atom stereocenters. The maximum atomic E-state index is 11.7. The minimum atomic E-state index is -3.76. The van der Waals surface area contributed by atoms with Crippen LogP contribution in [0.1, 0.15) is 69.4 Å². The number of aromatic hydroxyl groups is 1. The SMILES string of the molecule is Cc1cc(S(N)(=O)=O)c(C)cc1NCc1cc(C(C)(C)C)cc(C(C)(C)C)c1O. The van der Waals surface area contributed by atoms with E-state index in [0.717, 1.165) is 27.9 Å². The third-order valence-electron chi connectivity index (χ3n) is 5.16. The van der Waals surface area contributed by atoms with Crippen molar-refractivity contribution < 1.29 is 13.5 Å². The van der Waals surface area contributed by atoms with Gasteiger partial charge in [0.15, 0.2) is 0 Å². The number of phenolic OH excluding ortho intramolecular Hbond substituents is 1. The molecule has 0 radical (unpaired) electrons. The van der Waals surface area contributed by atoms with Crippen molar-refractivity contribution in [1.82, 2.24) is 0 Å². The summed E-state index contributed by atoms with van der Waals surface area (Å²) in [4.78, 5) is 0.133. The molecule has 0 saturated carbocycles. The van der Waals surface area contributed by atoms with Gasteiger partial charge in [0.1, 0.15) is 5.75 Å². The maximum Gasteiger partial charge on any atom is 0.238 e. The van der Waals surface area contributed by atoms with Crippen molar-refractivity contribution in [1.29, 1.82) is 0 Å². The number of anilines is 1. The normalized spacial score (nSPS) is 12.9. The molecule has 0 bridgehead atoms. The van der Waals surface area contributed by atoms with Crippen LogP contribution in [0.25, 0.3) is 0 Å².